The molecule has 2 N–H and O–H groups in total. The molecule has 20 heavy (non-hydrogen) atoms. The van der Waals surface area contributed by atoms with Gasteiger partial charge in [-0.15, -0.1) is 0 Å². The van der Waals surface area contributed by atoms with Gasteiger partial charge in [0.2, 0.25) is 5.91 Å². The van der Waals surface area contributed by atoms with Crippen molar-refractivity contribution in [1.82, 2.24) is 10.3 Å². The van der Waals surface area contributed by atoms with Crippen molar-refractivity contribution in [2.24, 2.45) is 5.92 Å². The van der Waals surface area contributed by atoms with E-state index in [1.807, 2.05) is 31.2 Å². The van der Waals surface area contributed by atoms with Gasteiger partial charge in [-0.25, -0.2) is 4.98 Å². The van der Waals surface area contributed by atoms with Crippen LogP contribution in [0.2, 0.25) is 0 Å². The molecule has 0 aliphatic carbocycles. The number of carbonyl (C=O) groups is 1. The minimum atomic E-state index is 0.0709. The molecule has 0 spiro atoms. The molecule has 104 valence electrons. The Bertz CT molecular complexity index is 600. The lowest BCUT2D eigenvalue weighted by Gasteiger charge is -2.26. The van der Waals surface area contributed by atoms with Crippen LogP contribution >= 0.6 is 0 Å². The molecule has 0 bridgehead atoms. The molecule has 3 rings (SSSR count). The van der Waals surface area contributed by atoms with Crippen LogP contribution in [0.25, 0.3) is 11.3 Å². The summed E-state index contributed by atoms with van der Waals surface area (Å²) < 4.78 is 5.19. The van der Waals surface area contributed by atoms with E-state index in [2.05, 4.69) is 15.6 Å². The molecule has 1 saturated heterocycles. The number of nitrogens with zero attached hydrogens (tertiary/aromatic N) is 1. The second-order valence-corrected chi connectivity index (χ2v) is 5.11. The van der Waals surface area contributed by atoms with Crippen LogP contribution in [0.4, 0.5) is 5.69 Å². The first-order chi connectivity index (χ1) is 9.70. The van der Waals surface area contributed by atoms with Crippen LogP contribution in [0.15, 0.2) is 34.9 Å². The first kappa shape index (κ1) is 12.9. The lowest BCUT2D eigenvalue weighted by atomic mass is 9.99. The van der Waals surface area contributed by atoms with E-state index in [9.17, 15) is 4.79 Å². The molecule has 1 aromatic carbocycles. The lowest BCUT2D eigenvalue weighted by Crippen LogP contribution is -2.43. The van der Waals surface area contributed by atoms with Gasteiger partial charge in [0.25, 0.3) is 0 Å². The summed E-state index contributed by atoms with van der Waals surface area (Å²) in [4.78, 5) is 16.1. The molecule has 5 heteroatoms. The van der Waals surface area contributed by atoms with E-state index in [0.717, 1.165) is 30.0 Å². The topological polar surface area (TPSA) is 67.2 Å². The fourth-order valence-electron chi connectivity index (χ4n) is 2.19. The molecule has 1 amide bonds. The quantitative estimate of drug-likeness (QED) is 0.894. The zero-order valence-corrected chi connectivity index (χ0v) is 11.3. The number of aromatic nitrogens is 1. The maximum Gasteiger partial charge on any atom is 0.224 e. The zero-order chi connectivity index (χ0) is 13.9. The van der Waals surface area contributed by atoms with Crippen molar-refractivity contribution in [3.05, 3.63) is 36.4 Å². The number of aryl methyl sites for hydroxylation is 1. The van der Waals surface area contributed by atoms with Gasteiger partial charge >= 0.3 is 0 Å². The van der Waals surface area contributed by atoms with Gasteiger partial charge in [-0.05, 0) is 31.1 Å². The largest absolute Gasteiger partial charge is 0.449 e. The summed E-state index contributed by atoms with van der Waals surface area (Å²) in [6.45, 7) is 3.70. The van der Waals surface area contributed by atoms with Crippen molar-refractivity contribution in [1.29, 1.82) is 0 Å². The summed E-state index contributed by atoms with van der Waals surface area (Å²) in [6, 6.07) is 7.63. The third-order valence-corrected chi connectivity index (χ3v) is 3.42. The number of hydrogen-bond acceptors (Lipinski definition) is 4. The number of anilines is 1. The summed E-state index contributed by atoms with van der Waals surface area (Å²) in [5.41, 5.74) is 2.59. The molecule has 2 heterocycles. The molecule has 5 nitrogen and oxygen atoms in total. The van der Waals surface area contributed by atoms with Crippen LogP contribution in [0.5, 0.6) is 0 Å². The van der Waals surface area contributed by atoms with E-state index in [0.29, 0.717) is 18.2 Å². The standard InChI is InChI=1S/C15H17N3O2/c1-10-17-14(9-20-10)12-2-4-13(5-3-12)18-15(19)6-11-7-16-8-11/h2-5,9,11,16H,6-8H2,1H3,(H,18,19). The minimum Gasteiger partial charge on any atom is -0.449 e. The Morgan fingerprint density at radius 1 is 1.40 bits per heavy atom. The highest BCUT2D eigenvalue weighted by Crippen LogP contribution is 2.21. The van der Waals surface area contributed by atoms with Gasteiger partial charge < -0.3 is 15.1 Å². The Balaban J connectivity index is 1.62. The third-order valence-electron chi connectivity index (χ3n) is 3.42. The maximum absolute atomic E-state index is 11.8. The highest BCUT2D eigenvalue weighted by atomic mass is 16.3. The van der Waals surface area contributed by atoms with Crippen LogP contribution in [0.1, 0.15) is 12.3 Å². The molecule has 0 radical (unpaired) electrons. The maximum atomic E-state index is 11.8. The molecular weight excluding hydrogens is 254 g/mol. The fourth-order valence-corrected chi connectivity index (χ4v) is 2.19. The Hall–Kier alpha value is -2.14. The number of hydrogen-bond donors (Lipinski definition) is 2. The Labute approximate surface area is 117 Å². The van der Waals surface area contributed by atoms with Crippen molar-refractivity contribution >= 4 is 11.6 Å². The second kappa shape index (κ2) is 5.46. The summed E-state index contributed by atoms with van der Waals surface area (Å²) in [5.74, 6) is 1.19. The smallest absolute Gasteiger partial charge is 0.224 e. The summed E-state index contributed by atoms with van der Waals surface area (Å²) in [7, 11) is 0. The normalized spacial score (nSPS) is 14.8. The SMILES string of the molecule is Cc1nc(-c2ccc(NC(=O)CC3CNC3)cc2)co1. The number of benzene rings is 1. The highest BCUT2D eigenvalue weighted by molar-refractivity contribution is 5.91. The van der Waals surface area contributed by atoms with Gasteiger partial charge in [0, 0.05) is 24.6 Å². The molecule has 0 atom stereocenters. The van der Waals surface area contributed by atoms with E-state index in [4.69, 9.17) is 4.42 Å². The molecular formula is C15H17N3O2. The van der Waals surface area contributed by atoms with Crippen LogP contribution < -0.4 is 10.6 Å². The van der Waals surface area contributed by atoms with Gasteiger partial charge in [-0.3, -0.25) is 4.79 Å². The first-order valence-electron chi connectivity index (χ1n) is 6.74. The molecule has 2 aromatic rings. The van der Waals surface area contributed by atoms with Crippen molar-refractivity contribution < 1.29 is 9.21 Å². The van der Waals surface area contributed by atoms with Crippen LogP contribution in [-0.4, -0.2) is 24.0 Å². The third kappa shape index (κ3) is 2.88. The summed E-state index contributed by atoms with van der Waals surface area (Å²) >= 11 is 0. The van der Waals surface area contributed by atoms with E-state index in [-0.39, 0.29) is 5.91 Å². The first-order valence-corrected chi connectivity index (χ1v) is 6.74. The lowest BCUT2D eigenvalue weighted by molar-refractivity contribution is -0.117. The number of carbonyl (C=O) groups excluding carboxylic acids is 1. The van der Waals surface area contributed by atoms with Gasteiger partial charge in [0.15, 0.2) is 5.89 Å². The van der Waals surface area contributed by atoms with Crippen molar-refractivity contribution in [3.63, 3.8) is 0 Å². The van der Waals surface area contributed by atoms with E-state index in [1.54, 1.807) is 6.26 Å². The van der Waals surface area contributed by atoms with Crippen LogP contribution in [0.3, 0.4) is 0 Å². The molecule has 0 unspecified atom stereocenters. The van der Waals surface area contributed by atoms with Gasteiger partial charge in [0.1, 0.15) is 12.0 Å². The fraction of sp³-hybridized carbons (Fsp3) is 0.333. The van der Waals surface area contributed by atoms with E-state index < -0.39 is 0 Å². The zero-order valence-electron chi connectivity index (χ0n) is 11.3. The molecule has 1 aliphatic rings. The monoisotopic (exact) mass is 271 g/mol. The van der Waals surface area contributed by atoms with Gasteiger partial charge in [-0.2, -0.15) is 0 Å². The van der Waals surface area contributed by atoms with Crippen LogP contribution in [-0.2, 0) is 4.79 Å². The summed E-state index contributed by atoms with van der Waals surface area (Å²) in [5, 5.41) is 6.08. The molecule has 0 saturated carbocycles. The molecule has 1 aliphatic heterocycles. The number of rotatable bonds is 4. The predicted octanol–water partition coefficient (Wildman–Crippen LogP) is 2.20. The Kier molecular flexibility index (Phi) is 3.52. The number of nitrogens with one attached hydrogen (secondary N) is 2. The van der Waals surface area contributed by atoms with Crippen molar-refractivity contribution in [2.45, 2.75) is 13.3 Å². The van der Waals surface area contributed by atoms with Crippen molar-refractivity contribution in [2.75, 3.05) is 18.4 Å². The number of oxazole rings is 1. The predicted molar refractivity (Wildman–Crippen MR) is 76.3 cm³/mol. The number of amides is 1. The highest BCUT2D eigenvalue weighted by Gasteiger charge is 2.19. The average molecular weight is 271 g/mol. The molecule has 1 fully saturated rings. The van der Waals surface area contributed by atoms with Crippen LogP contribution in [0, 0.1) is 12.8 Å². The Morgan fingerprint density at radius 2 is 2.15 bits per heavy atom. The minimum absolute atomic E-state index is 0.0709. The van der Waals surface area contributed by atoms with E-state index in [1.165, 1.54) is 0 Å². The van der Waals surface area contributed by atoms with Gasteiger partial charge in [0.05, 0.1) is 0 Å². The van der Waals surface area contributed by atoms with Gasteiger partial charge in [-0.1, -0.05) is 12.1 Å². The van der Waals surface area contributed by atoms with Crippen molar-refractivity contribution in [3.8, 4) is 11.3 Å². The summed E-state index contributed by atoms with van der Waals surface area (Å²) in [6.07, 6.45) is 2.21. The Morgan fingerprint density at radius 3 is 2.70 bits per heavy atom. The second-order valence-electron chi connectivity index (χ2n) is 5.11. The average Bonchev–Trinajstić information content (AvgIpc) is 2.82. The van der Waals surface area contributed by atoms with E-state index >= 15 is 0 Å². The molecule has 1 aromatic heterocycles.